The van der Waals surface area contributed by atoms with Crippen LogP contribution in [-0.2, 0) is 11.3 Å². The molecule has 0 saturated heterocycles. The van der Waals surface area contributed by atoms with E-state index >= 15 is 0 Å². The van der Waals surface area contributed by atoms with E-state index in [1.165, 1.54) is 38.5 Å². The number of nitrogens with zero attached hydrogens (tertiary/aromatic N) is 2. The summed E-state index contributed by atoms with van der Waals surface area (Å²) in [5.74, 6) is 0.692. The fraction of sp³-hybridized carbons (Fsp3) is 0.652. The van der Waals surface area contributed by atoms with E-state index < -0.39 is 0 Å². The second kappa shape index (κ2) is 14.0. The molecule has 168 valence electrons. The van der Waals surface area contributed by atoms with Crippen molar-refractivity contribution in [2.24, 2.45) is 4.99 Å². The number of rotatable bonds is 10. The summed E-state index contributed by atoms with van der Waals surface area (Å²) in [5, 5.41) is 9.55. The van der Waals surface area contributed by atoms with Gasteiger partial charge in [-0.2, -0.15) is 0 Å². The SMILES string of the molecule is CN=C(NCCOC1CCCCCC1)NCc1cccc(C(=O)NCCN(C)C)c1. The zero-order valence-corrected chi connectivity index (χ0v) is 18.9. The lowest BCUT2D eigenvalue weighted by atomic mass is 10.1. The van der Waals surface area contributed by atoms with E-state index in [0.717, 1.165) is 24.6 Å². The van der Waals surface area contributed by atoms with Crippen LogP contribution in [0.3, 0.4) is 0 Å². The minimum atomic E-state index is -0.0446. The van der Waals surface area contributed by atoms with Gasteiger partial charge in [-0.25, -0.2) is 0 Å². The maximum Gasteiger partial charge on any atom is 0.251 e. The Morgan fingerprint density at radius 3 is 2.57 bits per heavy atom. The molecule has 0 aromatic heterocycles. The van der Waals surface area contributed by atoms with Crippen molar-refractivity contribution in [1.82, 2.24) is 20.9 Å². The molecular formula is C23H39N5O2. The Bertz CT molecular complexity index is 655. The molecule has 0 atom stereocenters. The Morgan fingerprint density at radius 2 is 1.87 bits per heavy atom. The summed E-state index contributed by atoms with van der Waals surface area (Å²) in [6.45, 7) is 3.47. The molecule has 0 radical (unpaired) electrons. The van der Waals surface area contributed by atoms with E-state index in [-0.39, 0.29) is 5.91 Å². The number of amides is 1. The van der Waals surface area contributed by atoms with Crippen molar-refractivity contribution in [3.8, 4) is 0 Å². The summed E-state index contributed by atoms with van der Waals surface area (Å²) in [7, 11) is 5.74. The highest BCUT2D eigenvalue weighted by Crippen LogP contribution is 2.19. The van der Waals surface area contributed by atoms with Gasteiger partial charge in [0, 0.05) is 38.8 Å². The molecule has 3 N–H and O–H groups in total. The average Bonchev–Trinajstić information content (AvgIpc) is 3.02. The Labute approximate surface area is 181 Å². The van der Waals surface area contributed by atoms with Gasteiger partial charge in [-0.15, -0.1) is 0 Å². The third-order valence-corrected chi connectivity index (χ3v) is 5.27. The summed E-state index contributed by atoms with van der Waals surface area (Å²) >= 11 is 0. The number of hydrogen-bond donors (Lipinski definition) is 3. The van der Waals surface area contributed by atoms with E-state index in [1.54, 1.807) is 7.05 Å². The van der Waals surface area contributed by atoms with Crippen molar-refractivity contribution in [3.05, 3.63) is 35.4 Å². The number of nitrogens with one attached hydrogen (secondary N) is 3. The van der Waals surface area contributed by atoms with Crippen LogP contribution < -0.4 is 16.0 Å². The Kier molecular flexibility index (Phi) is 11.3. The number of ether oxygens (including phenoxy) is 1. The van der Waals surface area contributed by atoms with Gasteiger partial charge < -0.3 is 25.6 Å². The van der Waals surface area contributed by atoms with Gasteiger partial charge in [-0.1, -0.05) is 37.8 Å². The quantitative estimate of drug-likeness (QED) is 0.236. The highest BCUT2D eigenvalue weighted by Gasteiger charge is 2.12. The molecule has 1 aliphatic rings. The van der Waals surface area contributed by atoms with Gasteiger partial charge in [-0.05, 0) is 44.6 Å². The summed E-state index contributed by atoms with van der Waals surface area (Å²) in [4.78, 5) is 18.6. The molecule has 1 aliphatic carbocycles. The maximum absolute atomic E-state index is 12.3. The number of hydrogen-bond acceptors (Lipinski definition) is 4. The molecule has 1 fully saturated rings. The van der Waals surface area contributed by atoms with Crippen molar-refractivity contribution < 1.29 is 9.53 Å². The molecule has 7 heteroatoms. The molecule has 30 heavy (non-hydrogen) atoms. The second-order valence-corrected chi connectivity index (χ2v) is 8.10. The first-order chi connectivity index (χ1) is 14.6. The molecule has 7 nitrogen and oxygen atoms in total. The minimum absolute atomic E-state index is 0.0446. The average molecular weight is 418 g/mol. The van der Waals surface area contributed by atoms with Gasteiger partial charge >= 0.3 is 0 Å². The molecular weight excluding hydrogens is 378 g/mol. The highest BCUT2D eigenvalue weighted by atomic mass is 16.5. The van der Waals surface area contributed by atoms with Crippen LogP contribution in [0, 0.1) is 0 Å². The van der Waals surface area contributed by atoms with E-state index in [9.17, 15) is 4.79 Å². The first-order valence-electron chi connectivity index (χ1n) is 11.2. The van der Waals surface area contributed by atoms with E-state index in [1.807, 2.05) is 43.3 Å². The van der Waals surface area contributed by atoms with Crippen molar-refractivity contribution in [2.75, 3.05) is 47.4 Å². The van der Waals surface area contributed by atoms with Crippen molar-refractivity contribution in [1.29, 1.82) is 0 Å². The minimum Gasteiger partial charge on any atom is -0.376 e. The number of benzene rings is 1. The van der Waals surface area contributed by atoms with Gasteiger partial charge in [-0.3, -0.25) is 9.79 Å². The second-order valence-electron chi connectivity index (χ2n) is 8.10. The third-order valence-electron chi connectivity index (χ3n) is 5.27. The van der Waals surface area contributed by atoms with Crippen molar-refractivity contribution in [3.63, 3.8) is 0 Å². The zero-order valence-electron chi connectivity index (χ0n) is 18.9. The van der Waals surface area contributed by atoms with E-state index in [0.29, 0.717) is 31.4 Å². The van der Waals surface area contributed by atoms with Crippen molar-refractivity contribution in [2.45, 2.75) is 51.2 Å². The molecule has 1 amide bonds. The van der Waals surface area contributed by atoms with Crippen molar-refractivity contribution >= 4 is 11.9 Å². The topological polar surface area (TPSA) is 78.0 Å². The number of likely N-dealkylation sites (N-methyl/N-ethyl adjacent to an activating group) is 1. The largest absolute Gasteiger partial charge is 0.376 e. The fourth-order valence-corrected chi connectivity index (χ4v) is 3.53. The highest BCUT2D eigenvalue weighted by molar-refractivity contribution is 5.94. The normalized spacial score (nSPS) is 15.7. The third kappa shape index (κ3) is 9.59. The number of carbonyl (C=O) groups excluding carboxylic acids is 1. The smallest absolute Gasteiger partial charge is 0.251 e. The molecule has 0 unspecified atom stereocenters. The van der Waals surface area contributed by atoms with Gasteiger partial charge in [0.25, 0.3) is 5.91 Å². The monoisotopic (exact) mass is 417 g/mol. The predicted molar refractivity (Wildman–Crippen MR) is 123 cm³/mol. The molecule has 1 aromatic carbocycles. The van der Waals surface area contributed by atoms with E-state index in [4.69, 9.17) is 4.74 Å². The predicted octanol–water partition coefficient (Wildman–Crippen LogP) is 2.38. The lowest BCUT2D eigenvalue weighted by molar-refractivity contribution is 0.0468. The summed E-state index contributed by atoms with van der Waals surface area (Å²) < 4.78 is 6.02. The summed E-state index contributed by atoms with van der Waals surface area (Å²) in [5.41, 5.74) is 1.71. The molecule has 0 spiro atoms. The molecule has 1 saturated carbocycles. The first kappa shape index (κ1) is 24.2. The Hall–Kier alpha value is -2.12. The van der Waals surface area contributed by atoms with Crippen LogP contribution in [-0.4, -0.2) is 70.3 Å². The van der Waals surface area contributed by atoms with E-state index in [2.05, 4.69) is 20.9 Å². The standard InChI is InChI=1S/C23H39N5O2/c1-24-23(26-14-16-30-21-11-6-4-5-7-12-21)27-18-19-9-8-10-20(17-19)22(29)25-13-15-28(2)3/h8-10,17,21H,4-7,11-16,18H2,1-3H3,(H,25,29)(H2,24,26,27). The Balaban J connectivity index is 1.70. The Morgan fingerprint density at radius 1 is 1.10 bits per heavy atom. The lowest BCUT2D eigenvalue weighted by Gasteiger charge is -2.17. The maximum atomic E-state index is 12.3. The number of carbonyl (C=O) groups is 1. The molecule has 2 rings (SSSR count). The van der Waals surface area contributed by atoms with Crippen LogP contribution >= 0.6 is 0 Å². The molecule has 0 bridgehead atoms. The first-order valence-corrected chi connectivity index (χ1v) is 11.2. The van der Waals surface area contributed by atoms with Crippen LogP contribution in [0.15, 0.2) is 29.3 Å². The van der Waals surface area contributed by atoms with Gasteiger partial charge in [0.2, 0.25) is 0 Å². The van der Waals surface area contributed by atoms with Crippen LogP contribution in [0.4, 0.5) is 0 Å². The van der Waals surface area contributed by atoms with Crippen LogP contribution in [0.2, 0.25) is 0 Å². The van der Waals surface area contributed by atoms with Gasteiger partial charge in [0.05, 0.1) is 12.7 Å². The number of guanidine groups is 1. The molecule has 0 heterocycles. The zero-order chi connectivity index (χ0) is 21.6. The van der Waals surface area contributed by atoms with Gasteiger partial charge in [0.15, 0.2) is 5.96 Å². The lowest BCUT2D eigenvalue weighted by Crippen LogP contribution is -2.39. The van der Waals surface area contributed by atoms with Crippen LogP contribution in [0.25, 0.3) is 0 Å². The molecule has 1 aromatic rings. The van der Waals surface area contributed by atoms with Gasteiger partial charge in [0.1, 0.15) is 0 Å². The summed E-state index contributed by atoms with van der Waals surface area (Å²) in [6.07, 6.45) is 8.04. The van der Waals surface area contributed by atoms with Crippen LogP contribution in [0.1, 0.15) is 54.4 Å². The fourth-order valence-electron chi connectivity index (χ4n) is 3.53. The summed E-state index contributed by atoms with van der Waals surface area (Å²) in [6, 6.07) is 7.67. The van der Waals surface area contributed by atoms with Crippen LogP contribution in [0.5, 0.6) is 0 Å². The number of aliphatic imine (C=N–C) groups is 1. The molecule has 0 aliphatic heterocycles.